The second kappa shape index (κ2) is 7.25. The molecule has 1 atom stereocenters. The number of ether oxygens (including phenoxy) is 3. The van der Waals surface area contributed by atoms with E-state index >= 15 is 0 Å². The molecule has 0 spiro atoms. The summed E-state index contributed by atoms with van der Waals surface area (Å²) in [5, 5.41) is 6.48. The number of esters is 1. The summed E-state index contributed by atoms with van der Waals surface area (Å²) in [4.78, 5) is 24.9. The van der Waals surface area contributed by atoms with Gasteiger partial charge in [0.25, 0.3) is 5.91 Å². The third kappa shape index (κ3) is 3.75. The maximum Gasteiger partial charge on any atom is 0.339 e. The molecule has 1 N–H and O–H groups in total. The van der Waals surface area contributed by atoms with Gasteiger partial charge in [-0.3, -0.25) is 4.79 Å². The standard InChI is InChI=1S/C17H17ClN2O6/c1-8(2)14(16(21)19-13-4-9(3)26-20-13)25-17(22)10-5-11(18)15-12(6-10)23-7-24-15/h4-6,8,14H,7H2,1-3H3,(H,19,20,21)/t14-/m0/s1. The van der Waals surface area contributed by atoms with E-state index in [2.05, 4.69) is 10.5 Å². The van der Waals surface area contributed by atoms with Crippen LogP contribution in [0.2, 0.25) is 5.02 Å². The van der Waals surface area contributed by atoms with E-state index in [1.165, 1.54) is 12.1 Å². The molecule has 1 aliphatic heterocycles. The van der Waals surface area contributed by atoms with Gasteiger partial charge in [0, 0.05) is 6.07 Å². The molecular weight excluding hydrogens is 364 g/mol. The number of hydrogen-bond acceptors (Lipinski definition) is 7. The van der Waals surface area contributed by atoms with Crippen LogP contribution in [0.25, 0.3) is 0 Å². The van der Waals surface area contributed by atoms with Crippen LogP contribution in [-0.2, 0) is 9.53 Å². The van der Waals surface area contributed by atoms with Crippen LogP contribution in [0.3, 0.4) is 0 Å². The van der Waals surface area contributed by atoms with Gasteiger partial charge in [-0.2, -0.15) is 0 Å². The Bertz CT molecular complexity index is 848. The van der Waals surface area contributed by atoms with Gasteiger partial charge in [0.2, 0.25) is 6.79 Å². The average molecular weight is 381 g/mol. The molecule has 0 saturated heterocycles. The quantitative estimate of drug-likeness (QED) is 0.795. The van der Waals surface area contributed by atoms with Crippen LogP contribution in [0.15, 0.2) is 22.7 Å². The maximum atomic E-state index is 12.5. The number of carbonyl (C=O) groups is 2. The van der Waals surface area contributed by atoms with E-state index < -0.39 is 18.0 Å². The van der Waals surface area contributed by atoms with Gasteiger partial charge in [-0.15, -0.1) is 0 Å². The number of aryl methyl sites for hydroxylation is 1. The highest BCUT2D eigenvalue weighted by atomic mass is 35.5. The first-order valence-corrected chi connectivity index (χ1v) is 8.27. The summed E-state index contributed by atoms with van der Waals surface area (Å²) in [5.41, 5.74) is 0.162. The van der Waals surface area contributed by atoms with Crippen molar-refractivity contribution >= 4 is 29.3 Å². The van der Waals surface area contributed by atoms with Crippen molar-refractivity contribution in [3.05, 3.63) is 34.5 Å². The summed E-state index contributed by atoms with van der Waals surface area (Å²) in [6.45, 7) is 5.25. The van der Waals surface area contributed by atoms with E-state index in [1.54, 1.807) is 26.8 Å². The van der Waals surface area contributed by atoms with Crippen molar-refractivity contribution < 1.29 is 28.3 Å². The van der Waals surface area contributed by atoms with Gasteiger partial charge in [0.1, 0.15) is 5.76 Å². The molecule has 1 amide bonds. The minimum atomic E-state index is -1.02. The van der Waals surface area contributed by atoms with Crippen LogP contribution in [0.1, 0.15) is 30.0 Å². The Kier molecular flexibility index (Phi) is 5.03. The first-order valence-electron chi connectivity index (χ1n) is 7.89. The zero-order chi connectivity index (χ0) is 18.8. The van der Waals surface area contributed by atoms with Crippen LogP contribution in [-0.4, -0.2) is 29.9 Å². The van der Waals surface area contributed by atoms with Gasteiger partial charge in [0.15, 0.2) is 23.4 Å². The molecule has 1 aromatic heterocycles. The molecule has 1 aromatic carbocycles. The molecule has 9 heteroatoms. The SMILES string of the molecule is Cc1cc(NC(=O)[C@@H](OC(=O)c2cc(Cl)c3c(c2)OCO3)C(C)C)no1. The van der Waals surface area contributed by atoms with Gasteiger partial charge in [-0.1, -0.05) is 30.6 Å². The predicted molar refractivity (Wildman–Crippen MR) is 91.5 cm³/mol. The van der Waals surface area contributed by atoms with Gasteiger partial charge >= 0.3 is 5.97 Å². The van der Waals surface area contributed by atoms with Gasteiger partial charge in [0.05, 0.1) is 10.6 Å². The summed E-state index contributed by atoms with van der Waals surface area (Å²) in [6.07, 6.45) is -1.02. The fourth-order valence-corrected chi connectivity index (χ4v) is 2.65. The molecule has 0 radical (unpaired) electrons. The van der Waals surface area contributed by atoms with Crippen LogP contribution >= 0.6 is 11.6 Å². The highest BCUT2D eigenvalue weighted by Crippen LogP contribution is 2.40. The number of anilines is 1. The van der Waals surface area contributed by atoms with E-state index in [0.717, 1.165) is 0 Å². The number of fused-ring (bicyclic) bond motifs is 1. The van der Waals surface area contributed by atoms with E-state index in [1.807, 2.05) is 0 Å². The zero-order valence-electron chi connectivity index (χ0n) is 14.4. The number of benzene rings is 1. The van der Waals surface area contributed by atoms with Crippen LogP contribution < -0.4 is 14.8 Å². The third-order valence-corrected chi connectivity index (χ3v) is 3.92. The number of carbonyl (C=O) groups excluding carboxylic acids is 2. The Morgan fingerprint density at radius 1 is 1.27 bits per heavy atom. The largest absolute Gasteiger partial charge is 0.454 e. The molecular formula is C17H17ClN2O6. The zero-order valence-corrected chi connectivity index (χ0v) is 15.1. The third-order valence-electron chi connectivity index (χ3n) is 3.64. The predicted octanol–water partition coefficient (Wildman–Crippen LogP) is 3.19. The smallest absolute Gasteiger partial charge is 0.339 e. The molecule has 0 fully saturated rings. The lowest BCUT2D eigenvalue weighted by Crippen LogP contribution is -2.36. The van der Waals surface area contributed by atoms with Gasteiger partial charge in [-0.05, 0) is 25.0 Å². The van der Waals surface area contributed by atoms with E-state index in [4.69, 9.17) is 30.3 Å². The monoisotopic (exact) mass is 380 g/mol. The summed E-state index contributed by atoms with van der Waals surface area (Å²) < 4.78 is 20.7. The first-order chi connectivity index (χ1) is 12.3. The van der Waals surface area contributed by atoms with Crippen molar-refractivity contribution in [2.45, 2.75) is 26.9 Å². The molecule has 2 heterocycles. The molecule has 2 aromatic rings. The minimum Gasteiger partial charge on any atom is -0.454 e. The normalized spacial score (nSPS) is 13.6. The number of rotatable bonds is 5. The molecule has 8 nitrogen and oxygen atoms in total. The Morgan fingerprint density at radius 2 is 2.04 bits per heavy atom. The molecule has 26 heavy (non-hydrogen) atoms. The van der Waals surface area contributed by atoms with E-state index in [9.17, 15) is 9.59 Å². The Balaban J connectivity index is 1.74. The molecule has 138 valence electrons. The van der Waals surface area contributed by atoms with Crippen molar-refractivity contribution in [3.8, 4) is 11.5 Å². The highest BCUT2D eigenvalue weighted by molar-refractivity contribution is 6.32. The topological polar surface area (TPSA) is 99.9 Å². The lowest BCUT2D eigenvalue weighted by molar-refractivity contribution is -0.126. The van der Waals surface area contributed by atoms with Crippen molar-refractivity contribution in [2.24, 2.45) is 5.92 Å². The number of aromatic nitrogens is 1. The molecule has 0 saturated carbocycles. The van der Waals surface area contributed by atoms with Crippen molar-refractivity contribution in [1.82, 2.24) is 5.16 Å². The molecule has 0 bridgehead atoms. The second-order valence-corrected chi connectivity index (χ2v) is 6.48. The lowest BCUT2D eigenvalue weighted by Gasteiger charge is -2.20. The van der Waals surface area contributed by atoms with Gasteiger partial charge in [-0.25, -0.2) is 4.79 Å². The summed E-state index contributed by atoms with van der Waals surface area (Å²) in [6, 6.07) is 4.44. The first kappa shape index (κ1) is 18.1. The number of nitrogens with one attached hydrogen (secondary N) is 1. The Hall–Kier alpha value is -2.74. The van der Waals surface area contributed by atoms with E-state index in [0.29, 0.717) is 17.3 Å². The number of halogens is 1. The lowest BCUT2D eigenvalue weighted by atomic mass is 10.1. The van der Waals surface area contributed by atoms with Crippen molar-refractivity contribution in [2.75, 3.05) is 12.1 Å². The summed E-state index contributed by atoms with van der Waals surface area (Å²) in [7, 11) is 0. The second-order valence-electron chi connectivity index (χ2n) is 6.07. The maximum absolute atomic E-state index is 12.5. The number of hydrogen-bond donors (Lipinski definition) is 1. The Labute approximate surface area is 154 Å². The summed E-state index contributed by atoms with van der Waals surface area (Å²) >= 11 is 6.08. The van der Waals surface area contributed by atoms with Crippen LogP contribution in [0.4, 0.5) is 5.82 Å². The minimum absolute atomic E-state index is 0.0295. The van der Waals surface area contributed by atoms with Crippen LogP contribution in [0.5, 0.6) is 11.5 Å². The fraction of sp³-hybridized carbons (Fsp3) is 0.353. The van der Waals surface area contributed by atoms with Crippen LogP contribution in [0, 0.1) is 12.8 Å². The summed E-state index contributed by atoms with van der Waals surface area (Å²) in [5.74, 6) is 0.0601. The Morgan fingerprint density at radius 3 is 2.69 bits per heavy atom. The molecule has 0 aliphatic carbocycles. The fourth-order valence-electron chi connectivity index (χ4n) is 2.38. The highest BCUT2D eigenvalue weighted by Gasteiger charge is 2.29. The molecule has 3 rings (SSSR count). The van der Waals surface area contributed by atoms with Crippen molar-refractivity contribution in [3.63, 3.8) is 0 Å². The van der Waals surface area contributed by atoms with E-state index in [-0.39, 0.29) is 29.1 Å². The van der Waals surface area contributed by atoms with Crippen molar-refractivity contribution in [1.29, 1.82) is 0 Å². The molecule has 0 unspecified atom stereocenters. The molecule has 1 aliphatic rings. The van der Waals surface area contributed by atoms with Gasteiger partial charge < -0.3 is 24.1 Å². The average Bonchev–Trinajstić information content (AvgIpc) is 3.20. The number of amides is 1. The number of nitrogens with zero attached hydrogens (tertiary/aromatic N) is 1.